The molecule has 0 saturated carbocycles. The van der Waals surface area contributed by atoms with Gasteiger partial charge in [0.1, 0.15) is 5.75 Å². The molecule has 3 N–H and O–H groups in total. The fraction of sp³-hybridized carbons (Fsp3) is 0.350. The van der Waals surface area contributed by atoms with Gasteiger partial charge in [-0.05, 0) is 56.0 Å². The van der Waals surface area contributed by atoms with Crippen LogP contribution < -0.4 is 10.6 Å². The van der Waals surface area contributed by atoms with Crippen LogP contribution in [-0.2, 0) is 11.2 Å². The van der Waals surface area contributed by atoms with Crippen LogP contribution in [0.15, 0.2) is 48.5 Å². The van der Waals surface area contributed by atoms with Gasteiger partial charge in [0, 0.05) is 12.0 Å². The van der Waals surface area contributed by atoms with Gasteiger partial charge in [-0.15, -0.1) is 0 Å². The predicted molar refractivity (Wildman–Crippen MR) is 96.2 cm³/mol. The van der Waals surface area contributed by atoms with Crippen molar-refractivity contribution in [3.8, 4) is 5.75 Å². The van der Waals surface area contributed by atoms with Crippen LogP contribution in [-0.4, -0.2) is 23.6 Å². The lowest BCUT2D eigenvalue weighted by atomic mass is 9.92. The first-order chi connectivity index (χ1) is 11.6. The molecule has 4 nitrogen and oxygen atoms in total. The van der Waals surface area contributed by atoms with Crippen LogP contribution in [0.25, 0.3) is 0 Å². The first-order valence-corrected chi connectivity index (χ1v) is 8.52. The third-order valence-corrected chi connectivity index (χ3v) is 4.56. The van der Waals surface area contributed by atoms with Gasteiger partial charge in [-0.1, -0.05) is 36.4 Å². The zero-order valence-corrected chi connectivity index (χ0v) is 14.0. The number of anilines is 1. The van der Waals surface area contributed by atoms with Crippen LogP contribution in [0.1, 0.15) is 30.9 Å². The molecule has 0 radical (unpaired) electrons. The smallest absolute Gasteiger partial charge is 0.227 e. The van der Waals surface area contributed by atoms with Gasteiger partial charge in [0.25, 0.3) is 0 Å². The van der Waals surface area contributed by atoms with Gasteiger partial charge in [-0.25, -0.2) is 0 Å². The van der Waals surface area contributed by atoms with E-state index in [1.54, 1.807) is 6.07 Å². The minimum absolute atomic E-state index is 0.00145. The summed E-state index contributed by atoms with van der Waals surface area (Å²) in [6.45, 7) is 2.96. The highest BCUT2D eigenvalue weighted by Gasteiger charge is 2.25. The first-order valence-electron chi connectivity index (χ1n) is 8.52. The van der Waals surface area contributed by atoms with E-state index in [4.69, 9.17) is 0 Å². The van der Waals surface area contributed by atoms with Gasteiger partial charge < -0.3 is 15.7 Å². The van der Waals surface area contributed by atoms with Gasteiger partial charge in [0.05, 0.1) is 5.69 Å². The van der Waals surface area contributed by atoms with E-state index < -0.39 is 0 Å². The highest BCUT2D eigenvalue weighted by Crippen LogP contribution is 2.27. The van der Waals surface area contributed by atoms with Gasteiger partial charge in [-0.2, -0.15) is 0 Å². The van der Waals surface area contributed by atoms with E-state index in [0.29, 0.717) is 11.7 Å². The largest absolute Gasteiger partial charge is 0.506 e. The molecular formula is C20H24N2O2. The number of hydrogen-bond donors (Lipinski definition) is 3. The molecule has 1 aliphatic rings. The molecule has 3 rings (SSSR count). The monoisotopic (exact) mass is 324 g/mol. The Balaban J connectivity index is 1.70. The number of aromatic hydroxyl groups is 1. The fourth-order valence-corrected chi connectivity index (χ4v) is 3.23. The zero-order valence-electron chi connectivity index (χ0n) is 14.0. The average molecular weight is 324 g/mol. The molecule has 4 heteroatoms. The molecule has 1 saturated heterocycles. The van der Waals surface area contributed by atoms with Crippen molar-refractivity contribution in [1.29, 1.82) is 0 Å². The molecule has 2 atom stereocenters. The Morgan fingerprint density at radius 3 is 2.75 bits per heavy atom. The summed E-state index contributed by atoms with van der Waals surface area (Å²) in [4.78, 5) is 12.5. The minimum Gasteiger partial charge on any atom is -0.506 e. The van der Waals surface area contributed by atoms with E-state index in [1.807, 2.05) is 30.3 Å². The number of hydrogen-bond acceptors (Lipinski definition) is 3. The molecular weight excluding hydrogens is 300 g/mol. The second-order valence-corrected chi connectivity index (χ2v) is 6.58. The summed E-state index contributed by atoms with van der Waals surface area (Å²) >= 11 is 0. The Hall–Kier alpha value is -2.33. The third-order valence-electron chi connectivity index (χ3n) is 4.56. The van der Waals surface area contributed by atoms with Crippen molar-refractivity contribution in [2.75, 3.05) is 11.9 Å². The molecule has 1 fully saturated rings. The lowest BCUT2D eigenvalue weighted by Crippen LogP contribution is -2.40. The summed E-state index contributed by atoms with van der Waals surface area (Å²) in [6.07, 6.45) is 2.44. The van der Waals surface area contributed by atoms with E-state index in [0.717, 1.165) is 31.4 Å². The lowest BCUT2D eigenvalue weighted by Gasteiger charge is -2.27. The van der Waals surface area contributed by atoms with Crippen LogP contribution in [0.3, 0.4) is 0 Å². The Labute approximate surface area is 142 Å². The third kappa shape index (κ3) is 4.15. The summed E-state index contributed by atoms with van der Waals surface area (Å²) in [7, 11) is 0. The molecule has 1 amide bonds. The second-order valence-electron chi connectivity index (χ2n) is 6.58. The molecule has 0 bridgehead atoms. The highest BCUT2D eigenvalue weighted by atomic mass is 16.3. The Bertz CT molecular complexity index is 700. The normalized spacial score (nSPS) is 20.5. The maximum atomic E-state index is 12.5. The number of phenolic OH excluding ortho intramolecular Hbond substituents is 1. The van der Waals surface area contributed by atoms with Crippen molar-refractivity contribution in [3.63, 3.8) is 0 Å². The summed E-state index contributed by atoms with van der Waals surface area (Å²) in [5, 5.41) is 16.3. The number of carbonyl (C=O) groups excluding carboxylic acids is 1. The van der Waals surface area contributed by atoms with Crippen molar-refractivity contribution in [3.05, 3.63) is 59.7 Å². The topological polar surface area (TPSA) is 61.4 Å². The second kappa shape index (κ2) is 7.49. The number of nitrogens with one attached hydrogen (secondary N) is 2. The molecule has 2 aromatic carbocycles. The lowest BCUT2D eigenvalue weighted by molar-refractivity contribution is -0.120. The van der Waals surface area contributed by atoms with Crippen molar-refractivity contribution >= 4 is 11.6 Å². The minimum atomic E-state index is -0.00416. The molecule has 0 unspecified atom stereocenters. The molecule has 1 aliphatic heterocycles. The van der Waals surface area contributed by atoms with Crippen molar-refractivity contribution < 1.29 is 9.90 Å². The van der Waals surface area contributed by atoms with Crippen molar-refractivity contribution in [2.24, 2.45) is 5.92 Å². The number of amides is 1. The van der Waals surface area contributed by atoms with Gasteiger partial charge in [0.15, 0.2) is 0 Å². The number of carbonyl (C=O) groups is 1. The summed E-state index contributed by atoms with van der Waals surface area (Å²) < 4.78 is 0. The average Bonchev–Trinajstić information content (AvgIpc) is 2.59. The van der Waals surface area contributed by atoms with E-state index in [9.17, 15) is 9.90 Å². The van der Waals surface area contributed by atoms with E-state index in [2.05, 4.69) is 29.7 Å². The predicted octanol–water partition coefficient (Wildman–Crippen LogP) is 3.31. The van der Waals surface area contributed by atoms with E-state index in [-0.39, 0.29) is 17.6 Å². The highest BCUT2D eigenvalue weighted by molar-refractivity contribution is 5.94. The van der Waals surface area contributed by atoms with Crippen molar-refractivity contribution in [1.82, 2.24) is 5.32 Å². The van der Waals surface area contributed by atoms with Crippen LogP contribution in [0.4, 0.5) is 5.69 Å². The van der Waals surface area contributed by atoms with Crippen molar-refractivity contribution in [2.45, 2.75) is 32.2 Å². The quantitative estimate of drug-likeness (QED) is 0.756. The van der Waals surface area contributed by atoms with E-state index >= 15 is 0 Å². The Morgan fingerprint density at radius 1 is 1.21 bits per heavy atom. The number of phenols is 1. The zero-order chi connectivity index (χ0) is 16.9. The number of piperidine rings is 1. The van der Waals surface area contributed by atoms with Crippen LogP contribution in [0.5, 0.6) is 5.75 Å². The van der Waals surface area contributed by atoms with E-state index in [1.165, 1.54) is 5.56 Å². The standard InChI is InChI=1S/C20H24N2O2/c1-14-11-17(9-10-21-14)20(24)22-18-13-16(7-8-19(18)23)12-15-5-3-2-4-6-15/h2-8,13-14,17,21,23H,9-12H2,1H3,(H,22,24)/t14-,17-/m0/s1. The molecule has 0 spiro atoms. The van der Waals surface area contributed by atoms with Crippen LogP contribution in [0, 0.1) is 5.92 Å². The van der Waals surface area contributed by atoms with Crippen LogP contribution >= 0.6 is 0 Å². The van der Waals surface area contributed by atoms with Gasteiger partial charge >= 0.3 is 0 Å². The molecule has 0 aliphatic carbocycles. The number of rotatable bonds is 4. The summed E-state index contributed by atoms with van der Waals surface area (Å²) in [5.74, 6) is 0.107. The summed E-state index contributed by atoms with van der Waals surface area (Å²) in [6, 6.07) is 15.9. The molecule has 0 aromatic heterocycles. The molecule has 2 aromatic rings. The van der Waals surface area contributed by atoms with Crippen LogP contribution in [0.2, 0.25) is 0 Å². The Morgan fingerprint density at radius 2 is 2.00 bits per heavy atom. The first kappa shape index (κ1) is 16.5. The SMILES string of the molecule is C[C@H]1C[C@@H](C(=O)Nc2cc(Cc3ccccc3)ccc2O)CCN1. The molecule has 24 heavy (non-hydrogen) atoms. The summed E-state index contributed by atoms with van der Waals surface area (Å²) in [5.41, 5.74) is 2.76. The number of benzene rings is 2. The molecule has 126 valence electrons. The van der Waals surface area contributed by atoms with Gasteiger partial charge in [-0.3, -0.25) is 4.79 Å². The Kier molecular flexibility index (Phi) is 5.16. The maximum Gasteiger partial charge on any atom is 0.227 e. The van der Waals surface area contributed by atoms with Gasteiger partial charge in [0.2, 0.25) is 5.91 Å². The molecule has 1 heterocycles. The maximum absolute atomic E-state index is 12.5. The fourth-order valence-electron chi connectivity index (χ4n) is 3.23.